The van der Waals surface area contributed by atoms with Gasteiger partial charge in [-0.2, -0.15) is 0 Å². The lowest BCUT2D eigenvalue weighted by molar-refractivity contribution is 0.00308. The van der Waals surface area contributed by atoms with E-state index in [1.807, 2.05) is 35.7 Å². The average molecular weight is 287 g/mol. The molecular weight excluding hydrogens is 272 g/mol. The Hall–Kier alpha value is -0.810. The van der Waals surface area contributed by atoms with Gasteiger partial charge in [-0.1, -0.05) is 0 Å². The van der Waals surface area contributed by atoms with E-state index < -0.39 is 0 Å². The average Bonchev–Trinajstić information content (AvgIpc) is 2.58. The van der Waals surface area contributed by atoms with Crippen molar-refractivity contribution in [3.05, 3.63) is 22.4 Å². The number of ether oxygens (including phenoxy) is 1. The second kappa shape index (κ2) is 4.59. The van der Waals surface area contributed by atoms with Crippen molar-refractivity contribution in [2.45, 2.75) is 13.0 Å². The van der Waals surface area contributed by atoms with E-state index in [0.29, 0.717) is 25.5 Å². The van der Waals surface area contributed by atoms with Crippen LogP contribution in [0.3, 0.4) is 0 Å². The molecule has 1 aromatic rings. The Labute approximate surface area is 103 Å². The first-order valence-corrected chi connectivity index (χ1v) is 6.09. The zero-order valence-corrected chi connectivity index (χ0v) is 11.0. The van der Waals surface area contributed by atoms with Crippen molar-refractivity contribution in [1.29, 1.82) is 0 Å². The Kier molecular flexibility index (Phi) is 3.35. The van der Waals surface area contributed by atoms with Gasteiger partial charge in [0.1, 0.15) is 5.69 Å². The number of nitrogens with zero attached hydrogens (tertiary/aromatic N) is 2. The smallest absolute Gasteiger partial charge is 0.270 e. The Bertz CT molecular complexity index is 403. The normalized spacial score (nSPS) is 21.2. The summed E-state index contributed by atoms with van der Waals surface area (Å²) >= 11 is 3.37. The van der Waals surface area contributed by atoms with Crippen molar-refractivity contribution in [1.82, 2.24) is 9.47 Å². The maximum Gasteiger partial charge on any atom is 0.270 e. The van der Waals surface area contributed by atoms with Crippen LogP contribution >= 0.6 is 15.9 Å². The van der Waals surface area contributed by atoms with E-state index in [0.717, 1.165) is 4.47 Å². The Morgan fingerprint density at radius 1 is 1.62 bits per heavy atom. The molecular formula is C11H15BrN2O2. The standard InChI is InChI=1S/C11H15BrN2O2/c1-8-7-16-4-3-14(8)11(15)10-5-9(12)6-13(10)2/h5-6,8H,3-4,7H2,1-2H3/t8-/m1/s1. The van der Waals surface area contributed by atoms with Crippen molar-refractivity contribution in [3.63, 3.8) is 0 Å². The van der Waals surface area contributed by atoms with Gasteiger partial charge in [0, 0.05) is 24.3 Å². The van der Waals surface area contributed by atoms with Gasteiger partial charge in [-0.15, -0.1) is 0 Å². The van der Waals surface area contributed by atoms with E-state index in [4.69, 9.17) is 4.74 Å². The van der Waals surface area contributed by atoms with Crippen LogP contribution in [0.25, 0.3) is 0 Å². The van der Waals surface area contributed by atoms with Gasteiger partial charge in [-0.25, -0.2) is 0 Å². The van der Waals surface area contributed by atoms with Crippen LogP contribution < -0.4 is 0 Å². The molecule has 1 atom stereocenters. The SMILES string of the molecule is C[C@@H]1COCCN1C(=O)c1cc(Br)cn1C. The number of halogens is 1. The van der Waals surface area contributed by atoms with Crippen LogP contribution in [0.5, 0.6) is 0 Å². The Balaban J connectivity index is 2.21. The highest BCUT2D eigenvalue weighted by molar-refractivity contribution is 9.10. The first-order valence-electron chi connectivity index (χ1n) is 5.30. The molecule has 4 nitrogen and oxygen atoms in total. The molecule has 2 heterocycles. The molecule has 1 fully saturated rings. The number of carbonyl (C=O) groups is 1. The molecule has 88 valence electrons. The molecule has 1 aliphatic heterocycles. The van der Waals surface area contributed by atoms with E-state index in [-0.39, 0.29) is 11.9 Å². The first kappa shape index (κ1) is 11.7. The molecule has 0 spiro atoms. The number of aryl methyl sites for hydroxylation is 1. The van der Waals surface area contributed by atoms with E-state index >= 15 is 0 Å². The molecule has 1 amide bonds. The van der Waals surface area contributed by atoms with Gasteiger partial charge >= 0.3 is 0 Å². The van der Waals surface area contributed by atoms with Gasteiger partial charge in [-0.05, 0) is 28.9 Å². The van der Waals surface area contributed by atoms with Crippen LogP contribution in [0.4, 0.5) is 0 Å². The summed E-state index contributed by atoms with van der Waals surface area (Å²) in [6, 6.07) is 2.00. The molecule has 0 bridgehead atoms. The molecule has 1 saturated heterocycles. The van der Waals surface area contributed by atoms with Crippen molar-refractivity contribution in [2.75, 3.05) is 19.8 Å². The lowest BCUT2D eigenvalue weighted by atomic mass is 10.2. The van der Waals surface area contributed by atoms with Gasteiger partial charge in [0.2, 0.25) is 0 Å². The highest BCUT2D eigenvalue weighted by Crippen LogP contribution is 2.17. The number of hydrogen-bond acceptors (Lipinski definition) is 2. The van der Waals surface area contributed by atoms with Gasteiger partial charge in [-0.3, -0.25) is 4.79 Å². The monoisotopic (exact) mass is 286 g/mol. The van der Waals surface area contributed by atoms with Crippen molar-refractivity contribution >= 4 is 21.8 Å². The van der Waals surface area contributed by atoms with Crippen LogP contribution in [0, 0.1) is 0 Å². The molecule has 1 aromatic heterocycles. The number of hydrogen-bond donors (Lipinski definition) is 0. The van der Waals surface area contributed by atoms with Crippen LogP contribution in [-0.4, -0.2) is 41.2 Å². The predicted molar refractivity (Wildman–Crippen MR) is 64.4 cm³/mol. The van der Waals surface area contributed by atoms with Crippen molar-refractivity contribution in [3.8, 4) is 0 Å². The molecule has 1 aliphatic rings. The van der Waals surface area contributed by atoms with Gasteiger partial charge in [0.25, 0.3) is 5.91 Å². The second-order valence-corrected chi connectivity index (χ2v) is 4.99. The van der Waals surface area contributed by atoms with E-state index in [1.54, 1.807) is 0 Å². The molecule has 0 radical (unpaired) electrons. The van der Waals surface area contributed by atoms with E-state index in [1.165, 1.54) is 0 Å². The Morgan fingerprint density at radius 2 is 2.38 bits per heavy atom. The van der Waals surface area contributed by atoms with Crippen molar-refractivity contribution in [2.24, 2.45) is 7.05 Å². The highest BCUT2D eigenvalue weighted by atomic mass is 79.9. The molecule has 0 unspecified atom stereocenters. The lowest BCUT2D eigenvalue weighted by Crippen LogP contribution is -2.47. The zero-order valence-electron chi connectivity index (χ0n) is 9.44. The molecule has 16 heavy (non-hydrogen) atoms. The van der Waals surface area contributed by atoms with E-state index in [9.17, 15) is 4.79 Å². The third-order valence-electron chi connectivity index (χ3n) is 2.82. The third-order valence-corrected chi connectivity index (χ3v) is 3.25. The Morgan fingerprint density at radius 3 is 2.94 bits per heavy atom. The molecule has 0 aromatic carbocycles. The molecule has 2 rings (SSSR count). The number of morpholine rings is 1. The van der Waals surface area contributed by atoms with Gasteiger partial charge < -0.3 is 14.2 Å². The number of rotatable bonds is 1. The molecule has 0 aliphatic carbocycles. The zero-order chi connectivity index (χ0) is 11.7. The third kappa shape index (κ3) is 2.15. The fourth-order valence-electron chi connectivity index (χ4n) is 1.91. The van der Waals surface area contributed by atoms with Crippen LogP contribution in [0.15, 0.2) is 16.7 Å². The summed E-state index contributed by atoms with van der Waals surface area (Å²) in [6.07, 6.45) is 1.89. The number of amides is 1. The second-order valence-electron chi connectivity index (χ2n) is 4.08. The number of carbonyl (C=O) groups excluding carboxylic acids is 1. The van der Waals surface area contributed by atoms with Crippen molar-refractivity contribution < 1.29 is 9.53 Å². The topological polar surface area (TPSA) is 34.5 Å². The maximum atomic E-state index is 12.3. The summed E-state index contributed by atoms with van der Waals surface area (Å²) in [5, 5.41) is 0. The van der Waals surface area contributed by atoms with Crippen LogP contribution in [0.1, 0.15) is 17.4 Å². The summed E-state index contributed by atoms with van der Waals surface area (Å²) in [4.78, 5) is 14.1. The summed E-state index contributed by atoms with van der Waals surface area (Å²) in [5.41, 5.74) is 0.709. The fourth-order valence-corrected chi connectivity index (χ4v) is 2.44. The molecule has 0 N–H and O–H groups in total. The fraction of sp³-hybridized carbons (Fsp3) is 0.545. The summed E-state index contributed by atoms with van der Waals surface area (Å²) < 4.78 is 8.10. The van der Waals surface area contributed by atoms with Gasteiger partial charge in [0.05, 0.1) is 19.3 Å². The summed E-state index contributed by atoms with van der Waals surface area (Å²) in [6.45, 7) is 3.93. The maximum absolute atomic E-state index is 12.3. The van der Waals surface area contributed by atoms with E-state index in [2.05, 4.69) is 15.9 Å². The quantitative estimate of drug-likeness (QED) is 0.787. The van der Waals surface area contributed by atoms with Gasteiger partial charge in [0.15, 0.2) is 0 Å². The number of aromatic nitrogens is 1. The highest BCUT2D eigenvalue weighted by Gasteiger charge is 2.26. The summed E-state index contributed by atoms with van der Waals surface area (Å²) in [7, 11) is 1.88. The lowest BCUT2D eigenvalue weighted by Gasteiger charge is -2.33. The predicted octanol–water partition coefficient (Wildman–Crippen LogP) is 1.65. The van der Waals surface area contributed by atoms with Crippen LogP contribution in [-0.2, 0) is 11.8 Å². The minimum Gasteiger partial charge on any atom is -0.377 e. The summed E-state index contributed by atoms with van der Waals surface area (Å²) in [5.74, 6) is 0.0731. The van der Waals surface area contributed by atoms with Crippen LogP contribution in [0.2, 0.25) is 0 Å². The minimum atomic E-state index is 0.0731. The minimum absolute atomic E-state index is 0.0731. The molecule has 5 heteroatoms. The first-order chi connectivity index (χ1) is 7.59. The largest absolute Gasteiger partial charge is 0.377 e. The molecule has 0 saturated carbocycles.